The minimum atomic E-state index is -0.321. The summed E-state index contributed by atoms with van der Waals surface area (Å²) >= 11 is 1.68. The molecule has 0 saturated heterocycles. The van der Waals surface area contributed by atoms with Crippen LogP contribution in [0, 0.1) is 6.92 Å². The Morgan fingerprint density at radius 2 is 2.06 bits per heavy atom. The predicted molar refractivity (Wildman–Crippen MR) is 72.7 cm³/mol. The molecule has 1 unspecified atom stereocenters. The van der Waals surface area contributed by atoms with E-state index < -0.39 is 0 Å². The number of ether oxygens (including phenoxy) is 1. The Labute approximate surface area is 108 Å². The van der Waals surface area contributed by atoms with Crippen LogP contribution in [0.3, 0.4) is 0 Å². The maximum absolute atomic E-state index is 9.74. The third-order valence-corrected chi connectivity index (χ3v) is 3.48. The van der Waals surface area contributed by atoms with Crippen molar-refractivity contribution in [3.8, 4) is 0 Å². The largest absolute Gasteiger partial charge is 0.391 e. The lowest BCUT2D eigenvalue weighted by atomic mass is 10.2. The van der Waals surface area contributed by atoms with E-state index in [2.05, 4.69) is 36.5 Å². The minimum Gasteiger partial charge on any atom is -0.391 e. The van der Waals surface area contributed by atoms with E-state index in [4.69, 9.17) is 4.74 Å². The summed E-state index contributed by atoms with van der Waals surface area (Å²) in [7, 11) is 1.67. The zero-order valence-electron chi connectivity index (χ0n) is 10.5. The highest BCUT2D eigenvalue weighted by atomic mass is 32.2. The van der Waals surface area contributed by atoms with Crippen LogP contribution in [0.25, 0.3) is 0 Å². The van der Waals surface area contributed by atoms with Crippen LogP contribution in [0.2, 0.25) is 0 Å². The van der Waals surface area contributed by atoms with Crippen molar-refractivity contribution in [1.29, 1.82) is 0 Å². The van der Waals surface area contributed by atoms with Gasteiger partial charge in [-0.05, 0) is 19.1 Å². The fourth-order valence-electron chi connectivity index (χ4n) is 1.33. The third kappa shape index (κ3) is 6.68. The smallest absolute Gasteiger partial charge is 0.0758 e. The number of methoxy groups -OCH3 is 1. The molecule has 0 bridgehead atoms. The lowest BCUT2D eigenvalue weighted by Gasteiger charge is -2.11. The van der Waals surface area contributed by atoms with Crippen LogP contribution in [0.15, 0.2) is 29.2 Å². The Morgan fingerprint density at radius 1 is 1.35 bits per heavy atom. The number of aliphatic hydroxyl groups is 1. The Hall–Kier alpha value is -0.550. The minimum absolute atomic E-state index is 0.321. The quantitative estimate of drug-likeness (QED) is 0.548. The fourth-order valence-corrected chi connectivity index (χ4v) is 2.16. The fraction of sp³-hybridized carbons (Fsp3) is 0.538. The summed E-state index contributed by atoms with van der Waals surface area (Å²) in [6, 6.07) is 8.35. The highest BCUT2D eigenvalue weighted by molar-refractivity contribution is 7.99. The molecule has 0 amide bonds. The lowest BCUT2D eigenvalue weighted by molar-refractivity contribution is 0.175. The van der Waals surface area contributed by atoms with Gasteiger partial charge in [-0.3, -0.25) is 0 Å². The van der Waals surface area contributed by atoms with E-state index in [1.54, 1.807) is 18.9 Å². The summed E-state index contributed by atoms with van der Waals surface area (Å²) in [6.07, 6.45) is -0.321. The summed E-state index contributed by atoms with van der Waals surface area (Å²) < 4.78 is 4.91. The van der Waals surface area contributed by atoms with E-state index in [1.165, 1.54) is 10.5 Å². The number of benzene rings is 1. The van der Waals surface area contributed by atoms with Gasteiger partial charge in [0, 0.05) is 30.8 Å². The molecule has 0 aliphatic rings. The lowest BCUT2D eigenvalue weighted by Crippen LogP contribution is -2.30. The van der Waals surface area contributed by atoms with E-state index in [1.807, 2.05) is 0 Å². The second kappa shape index (κ2) is 8.53. The second-order valence-electron chi connectivity index (χ2n) is 3.97. The molecule has 0 spiro atoms. The van der Waals surface area contributed by atoms with Gasteiger partial charge in [0.05, 0.1) is 12.7 Å². The van der Waals surface area contributed by atoms with Crippen molar-refractivity contribution in [2.24, 2.45) is 0 Å². The Kier molecular flexibility index (Phi) is 7.28. The third-order valence-electron chi connectivity index (χ3n) is 2.33. The number of aliphatic hydroxyl groups excluding tert-OH is 1. The van der Waals surface area contributed by atoms with Crippen LogP contribution in [0.1, 0.15) is 5.56 Å². The van der Waals surface area contributed by atoms with Crippen LogP contribution in [0.4, 0.5) is 0 Å². The molecule has 0 heterocycles. The monoisotopic (exact) mass is 255 g/mol. The first-order valence-corrected chi connectivity index (χ1v) is 6.78. The van der Waals surface area contributed by atoms with Gasteiger partial charge >= 0.3 is 0 Å². The molecule has 17 heavy (non-hydrogen) atoms. The van der Waals surface area contributed by atoms with Gasteiger partial charge in [0.1, 0.15) is 0 Å². The first-order valence-electron chi connectivity index (χ1n) is 5.79. The van der Waals surface area contributed by atoms with Crippen LogP contribution >= 0.6 is 11.8 Å². The van der Waals surface area contributed by atoms with Gasteiger partial charge in [-0.15, -0.1) is 11.8 Å². The van der Waals surface area contributed by atoms with Crippen molar-refractivity contribution < 1.29 is 9.84 Å². The van der Waals surface area contributed by atoms with Crippen LogP contribution in [0.5, 0.6) is 0 Å². The van der Waals surface area contributed by atoms with Gasteiger partial charge in [-0.1, -0.05) is 17.7 Å². The van der Waals surface area contributed by atoms with Gasteiger partial charge in [-0.2, -0.15) is 0 Å². The molecule has 0 aromatic heterocycles. The van der Waals surface area contributed by atoms with Gasteiger partial charge in [0.25, 0.3) is 0 Å². The number of nitrogens with one attached hydrogen (secondary N) is 1. The maximum Gasteiger partial charge on any atom is 0.0758 e. The van der Waals surface area contributed by atoms with Gasteiger partial charge in [0.15, 0.2) is 0 Å². The SMILES string of the molecule is COCCNCC(O)CSc1ccc(C)cc1. The zero-order chi connectivity index (χ0) is 12.5. The number of hydrogen-bond donors (Lipinski definition) is 2. The zero-order valence-corrected chi connectivity index (χ0v) is 11.3. The van der Waals surface area contributed by atoms with Crippen molar-refractivity contribution in [3.63, 3.8) is 0 Å². The Bertz CT molecular complexity index is 303. The number of aryl methyl sites for hydroxylation is 1. The van der Waals surface area contributed by atoms with Crippen LogP contribution < -0.4 is 5.32 Å². The summed E-state index contributed by atoms with van der Waals surface area (Å²) in [4.78, 5) is 1.20. The molecular formula is C13H21NO2S. The first-order chi connectivity index (χ1) is 8.22. The highest BCUT2D eigenvalue weighted by Crippen LogP contribution is 2.18. The molecular weight excluding hydrogens is 234 g/mol. The van der Waals surface area contributed by atoms with Crippen molar-refractivity contribution in [2.45, 2.75) is 17.9 Å². The Morgan fingerprint density at radius 3 is 2.71 bits per heavy atom. The van der Waals surface area contributed by atoms with Crippen LogP contribution in [-0.2, 0) is 4.74 Å². The molecule has 96 valence electrons. The van der Waals surface area contributed by atoms with E-state index in [0.717, 1.165) is 6.54 Å². The molecule has 0 fully saturated rings. The normalized spacial score (nSPS) is 12.6. The molecule has 2 N–H and O–H groups in total. The van der Waals surface area contributed by atoms with Gasteiger partial charge in [0.2, 0.25) is 0 Å². The summed E-state index contributed by atoms with van der Waals surface area (Å²) in [5, 5.41) is 12.9. The predicted octanol–water partition coefficient (Wildman–Crippen LogP) is 1.68. The van der Waals surface area contributed by atoms with Crippen LogP contribution in [-0.4, -0.2) is 43.8 Å². The highest BCUT2D eigenvalue weighted by Gasteiger charge is 2.04. The van der Waals surface area contributed by atoms with Crippen molar-refractivity contribution in [2.75, 3.05) is 32.6 Å². The van der Waals surface area contributed by atoms with E-state index in [9.17, 15) is 5.11 Å². The number of hydrogen-bond acceptors (Lipinski definition) is 4. The molecule has 0 saturated carbocycles. The van der Waals surface area contributed by atoms with Crippen molar-refractivity contribution >= 4 is 11.8 Å². The second-order valence-corrected chi connectivity index (χ2v) is 5.07. The van der Waals surface area contributed by atoms with Gasteiger partial charge < -0.3 is 15.2 Å². The van der Waals surface area contributed by atoms with E-state index in [-0.39, 0.29) is 6.10 Å². The number of rotatable bonds is 8. The molecule has 4 heteroatoms. The molecule has 1 aromatic rings. The van der Waals surface area contributed by atoms with E-state index in [0.29, 0.717) is 18.9 Å². The molecule has 1 atom stereocenters. The average molecular weight is 255 g/mol. The number of thioether (sulfide) groups is 1. The topological polar surface area (TPSA) is 41.5 Å². The van der Waals surface area contributed by atoms with Crippen molar-refractivity contribution in [3.05, 3.63) is 29.8 Å². The molecule has 1 rings (SSSR count). The van der Waals surface area contributed by atoms with E-state index >= 15 is 0 Å². The Balaban J connectivity index is 2.14. The average Bonchev–Trinajstić information content (AvgIpc) is 2.34. The van der Waals surface area contributed by atoms with Gasteiger partial charge in [-0.25, -0.2) is 0 Å². The summed E-state index contributed by atoms with van der Waals surface area (Å²) in [6.45, 7) is 4.14. The molecule has 0 aliphatic heterocycles. The molecule has 0 radical (unpaired) electrons. The van der Waals surface area contributed by atoms with Crippen molar-refractivity contribution in [1.82, 2.24) is 5.32 Å². The molecule has 1 aromatic carbocycles. The first kappa shape index (κ1) is 14.5. The molecule has 3 nitrogen and oxygen atoms in total. The molecule has 0 aliphatic carbocycles. The summed E-state index contributed by atoms with van der Waals surface area (Å²) in [5.74, 6) is 0.711. The standard InChI is InChI=1S/C13H21NO2S/c1-11-3-5-13(6-4-11)17-10-12(15)9-14-7-8-16-2/h3-6,12,14-15H,7-10H2,1-2H3. The maximum atomic E-state index is 9.74. The summed E-state index contributed by atoms with van der Waals surface area (Å²) in [5.41, 5.74) is 1.26.